The second-order valence-electron chi connectivity index (χ2n) is 7.57. The van der Waals surface area contributed by atoms with Crippen LogP contribution in [0.15, 0.2) is 78.9 Å². The molecule has 0 bridgehead atoms. The number of phenolic OH excluding ortho intramolecular Hbond substituents is 1. The molecule has 0 aliphatic carbocycles. The van der Waals surface area contributed by atoms with Crippen molar-refractivity contribution in [3.8, 4) is 11.5 Å². The van der Waals surface area contributed by atoms with E-state index < -0.39 is 0 Å². The van der Waals surface area contributed by atoms with Gasteiger partial charge in [0, 0.05) is 43.6 Å². The van der Waals surface area contributed by atoms with Gasteiger partial charge >= 0.3 is 0 Å². The number of rotatable bonds is 6. The van der Waals surface area contributed by atoms with E-state index in [1.54, 1.807) is 19.2 Å². The molecule has 0 saturated carbocycles. The van der Waals surface area contributed by atoms with Crippen molar-refractivity contribution in [3.05, 3.63) is 84.4 Å². The lowest BCUT2D eigenvalue weighted by molar-refractivity contribution is -0.121. The van der Waals surface area contributed by atoms with Crippen LogP contribution in [0.25, 0.3) is 0 Å². The van der Waals surface area contributed by atoms with Gasteiger partial charge in [-0.1, -0.05) is 36.4 Å². The van der Waals surface area contributed by atoms with Crippen LogP contribution in [0.3, 0.4) is 0 Å². The second kappa shape index (κ2) is 9.53. The molecule has 4 rings (SSSR count). The van der Waals surface area contributed by atoms with Gasteiger partial charge < -0.3 is 20.1 Å². The third kappa shape index (κ3) is 4.98. The summed E-state index contributed by atoms with van der Waals surface area (Å²) in [7, 11) is 1.61. The molecule has 1 saturated heterocycles. The molecule has 1 aliphatic heterocycles. The fourth-order valence-corrected chi connectivity index (χ4v) is 3.98. The van der Waals surface area contributed by atoms with Crippen LogP contribution in [-0.4, -0.2) is 49.2 Å². The number of ether oxygens (including phenoxy) is 1. The molecule has 6 nitrogen and oxygen atoms in total. The van der Waals surface area contributed by atoms with Crippen LogP contribution in [-0.2, 0) is 4.79 Å². The van der Waals surface area contributed by atoms with Crippen molar-refractivity contribution in [2.24, 2.45) is 0 Å². The number of hydrogen-bond donors (Lipinski definition) is 2. The van der Waals surface area contributed by atoms with Gasteiger partial charge in [-0.25, -0.2) is 0 Å². The van der Waals surface area contributed by atoms with Crippen LogP contribution in [0.5, 0.6) is 11.5 Å². The highest BCUT2D eigenvalue weighted by Gasteiger charge is 2.30. The zero-order valence-electron chi connectivity index (χ0n) is 17.6. The molecule has 1 atom stereocenters. The Balaban J connectivity index is 1.50. The molecule has 0 unspecified atom stereocenters. The van der Waals surface area contributed by atoms with Crippen molar-refractivity contribution in [2.75, 3.05) is 43.5 Å². The summed E-state index contributed by atoms with van der Waals surface area (Å²) >= 11 is 0. The van der Waals surface area contributed by atoms with E-state index in [9.17, 15) is 9.90 Å². The van der Waals surface area contributed by atoms with Crippen LogP contribution in [0.2, 0.25) is 0 Å². The van der Waals surface area contributed by atoms with E-state index in [1.807, 2.05) is 66.7 Å². The Kier molecular flexibility index (Phi) is 6.38. The highest BCUT2D eigenvalue weighted by molar-refractivity contribution is 5.95. The number of carbonyl (C=O) groups is 1. The van der Waals surface area contributed by atoms with Crippen molar-refractivity contribution in [1.29, 1.82) is 0 Å². The number of piperazine rings is 1. The summed E-state index contributed by atoms with van der Waals surface area (Å²) in [5, 5.41) is 12.6. The van der Waals surface area contributed by atoms with Gasteiger partial charge in [0.1, 0.15) is 17.5 Å². The SMILES string of the molecule is COc1cccc(NC(=O)[C@H](c2ccccc2)N2CCN(c3ccc(O)cc3)CC2)c1. The zero-order chi connectivity index (χ0) is 21.6. The van der Waals surface area contributed by atoms with E-state index in [4.69, 9.17) is 4.74 Å². The molecule has 3 aromatic rings. The molecule has 160 valence electrons. The zero-order valence-corrected chi connectivity index (χ0v) is 17.6. The molecule has 6 heteroatoms. The van der Waals surface area contributed by atoms with Crippen LogP contribution in [0.1, 0.15) is 11.6 Å². The monoisotopic (exact) mass is 417 g/mol. The molecule has 2 N–H and O–H groups in total. The summed E-state index contributed by atoms with van der Waals surface area (Å²) in [6.07, 6.45) is 0. The highest BCUT2D eigenvalue weighted by atomic mass is 16.5. The number of methoxy groups -OCH3 is 1. The second-order valence-corrected chi connectivity index (χ2v) is 7.57. The number of nitrogens with one attached hydrogen (secondary N) is 1. The van der Waals surface area contributed by atoms with Crippen LogP contribution in [0, 0.1) is 0 Å². The molecule has 31 heavy (non-hydrogen) atoms. The number of hydrogen-bond acceptors (Lipinski definition) is 5. The molecule has 1 fully saturated rings. The Morgan fingerprint density at radius 2 is 1.65 bits per heavy atom. The largest absolute Gasteiger partial charge is 0.508 e. The van der Waals surface area contributed by atoms with Crippen molar-refractivity contribution in [3.63, 3.8) is 0 Å². The molecular formula is C25H27N3O3. The summed E-state index contributed by atoms with van der Waals surface area (Å²) in [4.78, 5) is 17.9. The van der Waals surface area contributed by atoms with Gasteiger partial charge in [-0.15, -0.1) is 0 Å². The average Bonchev–Trinajstić information content (AvgIpc) is 2.81. The molecule has 0 aromatic heterocycles. The van der Waals surface area contributed by atoms with Gasteiger partial charge in [0.15, 0.2) is 0 Å². The minimum absolute atomic E-state index is 0.0578. The maximum absolute atomic E-state index is 13.4. The van der Waals surface area contributed by atoms with E-state index >= 15 is 0 Å². The first kappa shape index (κ1) is 20.8. The van der Waals surface area contributed by atoms with Gasteiger partial charge in [0.2, 0.25) is 5.91 Å². The minimum Gasteiger partial charge on any atom is -0.508 e. The average molecular weight is 418 g/mol. The maximum atomic E-state index is 13.4. The summed E-state index contributed by atoms with van der Waals surface area (Å²) in [5.74, 6) is 0.912. The van der Waals surface area contributed by atoms with Crippen molar-refractivity contribution in [1.82, 2.24) is 4.90 Å². The van der Waals surface area contributed by atoms with Crippen LogP contribution < -0.4 is 15.0 Å². The summed E-state index contributed by atoms with van der Waals surface area (Å²) in [6, 6.07) is 24.2. The number of benzene rings is 3. The topological polar surface area (TPSA) is 65.0 Å². The minimum atomic E-state index is -0.380. The fraction of sp³-hybridized carbons (Fsp3) is 0.240. The molecule has 1 amide bonds. The Morgan fingerprint density at radius 3 is 2.32 bits per heavy atom. The number of phenols is 1. The first-order valence-corrected chi connectivity index (χ1v) is 10.4. The van der Waals surface area contributed by atoms with Gasteiger partial charge in [-0.3, -0.25) is 9.69 Å². The first-order chi connectivity index (χ1) is 15.1. The third-order valence-electron chi connectivity index (χ3n) is 5.60. The standard InChI is InChI=1S/C25H27N3O3/c1-31-23-9-5-8-20(18-23)26-25(30)24(19-6-3-2-4-7-19)28-16-14-27(15-17-28)21-10-12-22(29)13-11-21/h2-13,18,24,29H,14-17H2,1H3,(H,26,30)/t24-/m0/s1. The van der Waals surface area contributed by atoms with E-state index in [0.717, 1.165) is 37.4 Å². The lowest BCUT2D eigenvalue weighted by atomic mass is 10.0. The van der Waals surface area contributed by atoms with Crippen molar-refractivity contribution < 1.29 is 14.6 Å². The first-order valence-electron chi connectivity index (χ1n) is 10.4. The van der Waals surface area contributed by atoms with E-state index in [1.165, 1.54) is 0 Å². The Morgan fingerprint density at radius 1 is 0.935 bits per heavy atom. The number of nitrogens with zero attached hydrogens (tertiary/aromatic N) is 2. The number of anilines is 2. The van der Waals surface area contributed by atoms with Crippen molar-refractivity contribution in [2.45, 2.75) is 6.04 Å². The normalized spacial score (nSPS) is 15.3. The summed E-state index contributed by atoms with van der Waals surface area (Å²) in [6.45, 7) is 3.12. The highest BCUT2D eigenvalue weighted by Crippen LogP contribution is 2.27. The van der Waals surface area contributed by atoms with E-state index in [2.05, 4.69) is 15.1 Å². The van der Waals surface area contributed by atoms with E-state index in [-0.39, 0.29) is 17.7 Å². The molecule has 1 aliphatic rings. The molecule has 3 aromatic carbocycles. The van der Waals surface area contributed by atoms with Crippen molar-refractivity contribution >= 4 is 17.3 Å². The molecule has 0 radical (unpaired) electrons. The third-order valence-corrected chi connectivity index (χ3v) is 5.60. The summed E-state index contributed by atoms with van der Waals surface area (Å²) in [5.41, 5.74) is 2.77. The Hall–Kier alpha value is -3.51. The van der Waals surface area contributed by atoms with Gasteiger partial charge in [0.05, 0.1) is 7.11 Å². The fourth-order valence-electron chi connectivity index (χ4n) is 3.98. The summed E-state index contributed by atoms with van der Waals surface area (Å²) < 4.78 is 5.28. The molecular weight excluding hydrogens is 390 g/mol. The Labute approximate surface area is 182 Å². The predicted octanol–water partition coefficient (Wildman–Crippen LogP) is 3.90. The number of carbonyl (C=O) groups excluding carboxylic acids is 1. The van der Waals surface area contributed by atoms with E-state index in [0.29, 0.717) is 11.4 Å². The molecule has 0 spiro atoms. The van der Waals surface area contributed by atoms with Crippen LogP contribution in [0.4, 0.5) is 11.4 Å². The number of aromatic hydroxyl groups is 1. The lowest BCUT2D eigenvalue weighted by Gasteiger charge is -2.39. The van der Waals surface area contributed by atoms with Gasteiger partial charge in [-0.2, -0.15) is 0 Å². The Bertz CT molecular complexity index is 1000. The van der Waals surface area contributed by atoms with Gasteiger partial charge in [0.25, 0.3) is 0 Å². The lowest BCUT2D eigenvalue weighted by Crippen LogP contribution is -2.50. The maximum Gasteiger partial charge on any atom is 0.246 e. The van der Waals surface area contributed by atoms with Crippen LogP contribution >= 0.6 is 0 Å². The number of amides is 1. The van der Waals surface area contributed by atoms with Gasteiger partial charge in [-0.05, 0) is 42.0 Å². The smallest absolute Gasteiger partial charge is 0.246 e. The quantitative estimate of drug-likeness (QED) is 0.637. The predicted molar refractivity (Wildman–Crippen MR) is 123 cm³/mol. The molecule has 1 heterocycles.